The van der Waals surface area contributed by atoms with Crippen LogP contribution in [0.2, 0.25) is 0 Å². The fourth-order valence-corrected chi connectivity index (χ4v) is 1.22. The second-order valence-electron chi connectivity index (χ2n) is 2.09. The summed E-state index contributed by atoms with van der Waals surface area (Å²) < 4.78 is 27.4. The lowest BCUT2D eigenvalue weighted by Gasteiger charge is -2.01. The monoisotopic (exact) mass is 188 g/mol. The smallest absolute Gasteiger partial charge is 0.209 e. The molecule has 0 fully saturated rings. The van der Waals surface area contributed by atoms with Crippen molar-refractivity contribution in [2.45, 2.75) is 0 Å². The molecule has 1 aromatic rings. The van der Waals surface area contributed by atoms with Gasteiger partial charge in [0.15, 0.2) is 0 Å². The summed E-state index contributed by atoms with van der Waals surface area (Å²) in [6, 6.07) is 8.71. The molecular formula is C8H9FO2S. The predicted molar refractivity (Wildman–Crippen MR) is 46.1 cm³/mol. The summed E-state index contributed by atoms with van der Waals surface area (Å²) in [6.07, 6.45) is 0. The zero-order valence-corrected chi connectivity index (χ0v) is 7.22. The third-order valence-corrected chi connectivity index (χ3v) is 2.04. The highest BCUT2D eigenvalue weighted by molar-refractivity contribution is 7.80. The van der Waals surface area contributed by atoms with Crippen LogP contribution < -0.4 is 4.18 Å². The molecule has 0 aliphatic carbocycles. The van der Waals surface area contributed by atoms with Crippen LogP contribution in [0.15, 0.2) is 30.3 Å². The van der Waals surface area contributed by atoms with Crippen molar-refractivity contribution in [1.82, 2.24) is 0 Å². The quantitative estimate of drug-likeness (QED) is 0.718. The summed E-state index contributed by atoms with van der Waals surface area (Å²) in [5, 5.41) is 0. The van der Waals surface area contributed by atoms with Crippen LogP contribution in [0.5, 0.6) is 5.75 Å². The highest BCUT2D eigenvalue weighted by Gasteiger charge is 2.00. The van der Waals surface area contributed by atoms with Gasteiger partial charge in [-0.05, 0) is 12.1 Å². The first-order valence-electron chi connectivity index (χ1n) is 3.50. The molecular weight excluding hydrogens is 179 g/mol. The van der Waals surface area contributed by atoms with Crippen LogP contribution >= 0.6 is 0 Å². The van der Waals surface area contributed by atoms with Gasteiger partial charge in [-0.15, -0.1) is 0 Å². The molecule has 12 heavy (non-hydrogen) atoms. The molecule has 0 radical (unpaired) electrons. The molecule has 0 aliphatic heterocycles. The highest BCUT2D eigenvalue weighted by atomic mass is 32.2. The zero-order chi connectivity index (χ0) is 8.81. The van der Waals surface area contributed by atoms with E-state index in [0.717, 1.165) is 0 Å². The Morgan fingerprint density at radius 2 is 2.00 bits per heavy atom. The highest BCUT2D eigenvalue weighted by Crippen LogP contribution is 2.09. The van der Waals surface area contributed by atoms with Crippen LogP contribution in [-0.2, 0) is 11.1 Å². The van der Waals surface area contributed by atoms with Crippen molar-refractivity contribution in [1.29, 1.82) is 0 Å². The molecule has 0 aliphatic rings. The summed E-state index contributed by atoms with van der Waals surface area (Å²) in [7, 11) is 0. The predicted octanol–water partition coefficient (Wildman–Crippen LogP) is 1.70. The molecule has 0 saturated carbocycles. The largest absolute Gasteiger partial charge is 0.400 e. The van der Waals surface area contributed by atoms with Crippen molar-refractivity contribution in [2.24, 2.45) is 0 Å². The Bertz CT molecular complexity index is 250. The average Bonchev–Trinajstić information content (AvgIpc) is 2.06. The second kappa shape index (κ2) is 4.87. The molecule has 4 heteroatoms. The number of halogens is 1. The molecule has 1 unspecified atom stereocenters. The number of hydrogen-bond donors (Lipinski definition) is 0. The van der Waals surface area contributed by atoms with E-state index in [4.69, 9.17) is 4.18 Å². The van der Waals surface area contributed by atoms with E-state index < -0.39 is 17.8 Å². The molecule has 0 spiro atoms. The minimum absolute atomic E-state index is 0.0745. The molecule has 1 aromatic carbocycles. The van der Waals surface area contributed by atoms with E-state index in [1.54, 1.807) is 24.3 Å². The lowest BCUT2D eigenvalue weighted by Crippen LogP contribution is -2.06. The summed E-state index contributed by atoms with van der Waals surface area (Å²) in [6.45, 7) is -0.626. The van der Waals surface area contributed by atoms with E-state index in [2.05, 4.69) is 0 Å². The maximum atomic E-state index is 11.7. The minimum atomic E-state index is -1.55. The Hall–Kier alpha value is -0.900. The molecule has 1 atom stereocenters. The number of para-hydroxylation sites is 1. The average molecular weight is 188 g/mol. The molecule has 0 bridgehead atoms. The summed E-state index contributed by atoms with van der Waals surface area (Å²) in [4.78, 5) is 0. The van der Waals surface area contributed by atoms with Gasteiger partial charge < -0.3 is 4.18 Å². The molecule has 0 aromatic heterocycles. The molecule has 0 amide bonds. The SMILES string of the molecule is O=S(CCF)Oc1ccccc1. The van der Waals surface area contributed by atoms with Crippen molar-refractivity contribution < 1.29 is 12.8 Å². The van der Waals surface area contributed by atoms with Crippen LogP contribution in [0.3, 0.4) is 0 Å². The van der Waals surface area contributed by atoms with Gasteiger partial charge in [0.1, 0.15) is 12.4 Å². The van der Waals surface area contributed by atoms with E-state index in [-0.39, 0.29) is 5.75 Å². The maximum absolute atomic E-state index is 11.7. The number of alkyl halides is 1. The number of benzene rings is 1. The third kappa shape index (κ3) is 3.00. The van der Waals surface area contributed by atoms with Gasteiger partial charge in [-0.1, -0.05) is 18.2 Å². The molecule has 2 nitrogen and oxygen atoms in total. The first kappa shape index (κ1) is 9.19. The lowest BCUT2D eigenvalue weighted by atomic mass is 10.3. The standard InChI is InChI=1S/C8H9FO2S/c9-6-7-12(10)11-8-4-2-1-3-5-8/h1-5H,6-7H2. The number of hydrogen-bond acceptors (Lipinski definition) is 2. The van der Waals surface area contributed by atoms with E-state index in [1.807, 2.05) is 6.07 Å². The molecule has 0 N–H and O–H groups in total. The first-order chi connectivity index (χ1) is 5.83. The van der Waals surface area contributed by atoms with Crippen LogP contribution in [0.1, 0.15) is 0 Å². The Kier molecular flexibility index (Phi) is 3.73. The Labute approximate surface area is 73.0 Å². The fraction of sp³-hybridized carbons (Fsp3) is 0.250. The fourth-order valence-electron chi connectivity index (χ4n) is 0.688. The second-order valence-corrected chi connectivity index (χ2v) is 3.28. The van der Waals surface area contributed by atoms with Crippen molar-refractivity contribution in [3.05, 3.63) is 30.3 Å². The third-order valence-electron chi connectivity index (χ3n) is 1.18. The van der Waals surface area contributed by atoms with Crippen molar-refractivity contribution >= 4 is 11.1 Å². The van der Waals surface area contributed by atoms with Gasteiger partial charge in [0.25, 0.3) is 0 Å². The van der Waals surface area contributed by atoms with Gasteiger partial charge in [-0.3, -0.25) is 0 Å². The topological polar surface area (TPSA) is 26.3 Å². The Morgan fingerprint density at radius 3 is 2.58 bits per heavy atom. The lowest BCUT2D eigenvalue weighted by molar-refractivity contribution is 0.508. The summed E-state index contributed by atoms with van der Waals surface area (Å²) in [5.41, 5.74) is 0. The minimum Gasteiger partial charge on any atom is -0.400 e. The van der Waals surface area contributed by atoms with Gasteiger partial charge in [-0.2, -0.15) is 0 Å². The summed E-state index contributed by atoms with van der Waals surface area (Å²) in [5.74, 6) is 0.429. The van der Waals surface area contributed by atoms with E-state index in [1.165, 1.54) is 0 Å². The van der Waals surface area contributed by atoms with Crippen LogP contribution in [0.4, 0.5) is 4.39 Å². The Balaban J connectivity index is 2.47. The van der Waals surface area contributed by atoms with Crippen molar-refractivity contribution in [2.75, 3.05) is 12.4 Å². The summed E-state index contributed by atoms with van der Waals surface area (Å²) >= 11 is -1.55. The van der Waals surface area contributed by atoms with Gasteiger partial charge in [0.05, 0.1) is 5.75 Å². The van der Waals surface area contributed by atoms with Gasteiger partial charge in [-0.25, -0.2) is 8.60 Å². The van der Waals surface area contributed by atoms with Crippen LogP contribution in [0.25, 0.3) is 0 Å². The molecule has 0 saturated heterocycles. The van der Waals surface area contributed by atoms with E-state index in [0.29, 0.717) is 5.75 Å². The van der Waals surface area contributed by atoms with E-state index >= 15 is 0 Å². The maximum Gasteiger partial charge on any atom is 0.209 e. The Morgan fingerprint density at radius 1 is 1.33 bits per heavy atom. The first-order valence-corrected chi connectivity index (χ1v) is 4.75. The number of rotatable bonds is 4. The van der Waals surface area contributed by atoms with Crippen molar-refractivity contribution in [3.8, 4) is 5.75 Å². The van der Waals surface area contributed by atoms with Crippen LogP contribution in [-0.4, -0.2) is 16.6 Å². The zero-order valence-electron chi connectivity index (χ0n) is 6.40. The molecule has 66 valence electrons. The van der Waals surface area contributed by atoms with Gasteiger partial charge in [0, 0.05) is 0 Å². The van der Waals surface area contributed by atoms with E-state index in [9.17, 15) is 8.60 Å². The van der Waals surface area contributed by atoms with Gasteiger partial charge in [0.2, 0.25) is 11.1 Å². The van der Waals surface area contributed by atoms with Crippen molar-refractivity contribution in [3.63, 3.8) is 0 Å². The van der Waals surface area contributed by atoms with Gasteiger partial charge >= 0.3 is 0 Å². The normalized spacial score (nSPS) is 12.4. The molecule has 1 rings (SSSR count). The molecule has 0 heterocycles. The van der Waals surface area contributed by atoms with Crippen LogP contribution in [0, 0.1) is 0 Å².